The Labute approximate surface area is 128 Å². The monoisotopic (exact) mass is 317 g/mol. The zero-order chi connectivity index (χ0) is 15.3. The maximum absolute atomic E-state index is 11.9. The van der Waals surface area contributed by atoms with Crippen molar-refractivity contribution in [3.63, 3.8) is 0 Å². The van der Waals surface area contributed by atoms with Gasteiger partial charge in [0.15, 0.2) is 0 Å². The van der Waals surface area contributed by atoms with Crippen LogP contribution in [0.25, 0.3) is 0 Å². The van der Waals surface area contributed by atoms with E-state index in [0.717, 1.165) is 0 Å². The number of carbonyl (C=O) groups is 2. The van der Waals surface area contributed by atoms with Crippen molar-refractivity contribution in [1.82, 2.24) is 5.32 Å². The van der Waals surface area contributed by atoms with Crippen molar-refractivity contribution in [2.24, 2.45) is 5.41 Å². The predicted molar refractivity (Wildman–Crippen MR) is 79.2 cm³/mol. The van der Waals surface area contributed by atoms with E-state index in [1.54, 1.807) is 32.0 Å². The summed E-state index contributed by atoms with van der Waals surface area (Å²) in [6.07, 6.45) is 0.452. The van der Waals surface area contributed by atoms with Crippen molar-refractivity contribution in [3.05, 3.63) is 33.8 Å². The van der Waals surface area contributed by atoms with Crippen molar-refractivity contribution < 1.29 is 14.7 Å². The molecule has 0 aromatic heterocycles. The number of hydrogen-bond acceptors (Lipinski definition) is 2. The first-order valence-corrected chi connectivity index (χ1v) is 6.98. The van der Waals surface area contributed by atoms with E-state index in [2.05, 4.69) is 5.32 Å². The topological polar surface area (TPSA) is 66.4 Å². The number of aliphatic carboxylic acids is 1. The molecule has 1 rings (SSSR count). The van der Waals surface area contributed by atoms with Gasteiger partial charge in [-0.05, 0) is 31.0 Å². The first-order chi connectivity index (χ1) is 9.30. The van der Waals surface area contributed by atoms with E-state index in [1.807, 2.05) is 0 Å². The van der Waals surface area contributed by atoms with E-state index in [9.17, 15) is 9.59 Å². The zero-order valence-corrected chi connectivity index (χ0v) is 12.9. The van der Waals surface area contributed by atoms with E-state index < -0.39 is 11.4 Å². The van der Waals surface area contributed by atoms with Crippen LogP contribution in [0, 0.1) is 5.41 Å². The number of nitrogens with one attached hydrogen (secondary N) is 1. The first kappa shape index (κ1) is 16.8. The van der Waals surface area contributed by atoms with Crippen LogP contribution in [0.4, 0.5) is 0 Å². The minimum absolute atomic E-state index is 0.0257. The molecule has 0 bridgehead atoms. The number of halogens is 2. The van der Waals surface area contributed by atoms with Gasteiger partial charge in [0.25, 0.3) is 0 Å². The largest absolute Gasteiger partial charge is 0.481 e. The number of carbonyl (C=O) groups excluding carboxylic acids is 1. The predicted octanol–water partition coefficient (Wildman–Crippen LogP) is 3.15. The molecular weight excluding hydrogens is 301 g/mol. The lowest BCUT2D eigenvalue weighted by Gasteiger charge is -2.23. The molecule has 0 saturated carbocycles. The van der Waals surface area contributed by atoms with Gasteiger partial charge in [0.05, 0.1) is 11.8 Å². The molecule has 0 saturated heterocycles. The first-order valence-electron chi connectivity index (χ1n) is 6.23. The summed E-state index contributed by atoms with van der Waals surface area (Å²) in [7, 11) is 0. The molecule has 0 aliphatic rings. The number of carboxylic acids is 1. The average molecular weight is 318 g/mol. The van der Waals surface area contributed by atoms with Crippen LogP contribution in [0.3, 0.4) is 0 Å². The molecule has 0 radical (unpaired) electrons. The molecule has 1 atom stereocenters. The van der Waals surface area contributed by atoms with Crippen molar-refractivity contribution in [1.29, 1.82) is 0 Å². The lowest BCUT2D eigenvalue weighted by atomic mass is 9.87. The van der Waals surface area contributed by atoms with E-state index in [-0.39, 0.29) is 18.9 Å². The molecule has 0 aliphatic carbocycles. The summed E-state index contributed by atoms with van der Waals surface area (Å²) >= 11 is 12.0. The van der Waals surface area contributed by atoms with Gasteiger partial charge in [-0.3, -0.25) is 9.59 Å². The molecule has 2 N–H and O–H groups in total. The molecule has 0 heterocycles. The summed E-state index contributed by atoms with van der Waals surface area (Å²) in [5, 5.41) is 12.6. The molecule has 0 fully saturated rings. The molecule has 0 spiro atoms. The van der Waals surface area contributed by atoms with E-state index in [4.69, 9.17) is 28.3 Å². The summed E-state index contributed by atoms with van der Waals surface area (Å²) in [5.74, 6) is -1.24. The SMILES string of the molecule is CCC(C)(CNC(=O)Cc1c(Cl)cccc1Cl)C(=O)O. The standard InChI is InChI=1S/C14H17Cl2NO3/c1-3-14(2,13(19)20)8-17-12(18)7-9-10(15)5-4-6-11(9)16/h4-6H,3,7-8H2,1-2H3,(H,17,18)(H,19,20). The minimum Gasteiger partial charge on any atom is -0.481 e. The third-order valence-electron chi connectivity index (χ3n) is 3.37. The van der Waals surface area contributed by atoms with Crippen LogP contribution in [0.2, 0.25) is 10.0 Å². The molecule has 110 valence electrons. The number of benzene rings is 1. The Morgan fingerprint density at radius 2 is 1.85 bits per heavy atom. The van der Waals surface area contributed by atoms with Crippen LogP contribution in [0.1, 0.15) is 25.8 Å². The van der Waals surface area contributed by atoms with Crippen molar-refractivity contribution in [2.75, 3.05) is 6.54 Å². The highest BCUT2D eigenvalue weighted by molar-refractivity contribution is 6.36. The fourth-order valence-corrected chi connectivity index (χ4v) is 2.10. The molecular formula is C14H17Cl2NO3. The van der Waals surface area contributed by atoms with Gasteiger partial charge in [-0.15, -0.1) is 0 Å². The molecule has 0 aliphatic heterocycles. The van der Waals surface area contributed by atoms with Gasteiger partial charge >= 0.3 is 5.97 Å². The molecule has 1 aromatic rings. The lowest BCUT2D eigenvalue weighted by Crippen LogP contribution is -2.41. The Morgan fingerprint density at radius 1 is 1.30 bits per heavy atom. The summed E-state index contributed by atoms with van der Waals surface area (Å²) in [4.78, 5) is 23.0. The van der Waals surface area contributed by atoms with Crippen LogP contribution < -0.4 is 5.32 Å². The molecule has 4 nitrogen and oxygen atoms in total. The second-order valence-corrected chi connectivity index (χ2v) is 5.69. The van der Waals surface area contributed by atoms with Crippen LogP contribution in [0.15, 0.2) is 18.2 Å². The van der Waals surface area contributed by atoms with Crippen molar-refractivity contribution in [2.45, 2.75) is 26.7 Å². The summed E-state index contributed by atoms with van der Waals surface area (Å²) in [6.45, 7) is 3.43. The maximum Gasteiger partial charge on any atom is 0.311 e. The molecule has 1 aromatic carbocycles. The second-order valence-electron chi connectivity index (χ2n) is 4.87. The van der Waals surface area contributed by atoms with Gasteiger partial charge in [-0.2, -0.15) is 0 Å². The fourth-order valence-electron chi connectivity index (χ4n) is 1.57. The van der Waals surface area contributed by atoms with Gasteiger partial charge in [0, 0.05) is 16.6 Å². The fraction of sp³-hybridized carbons (Fsp3) is 0.429. The normalized spacial score (nSPS) is 13.6. The molecule has 6 heteroatoms. The Morgan fingerprint density at radius 3 is 2.30 bits per heavy atom. The second kappa shape index (κ2) is 6.95. The Kier molecular flexibility index (Phi) is 5.84. The number of carboxylic acid groups (broad SMARTS) is 1. The van der Waals surface area contributed by atoms with Gasteiger partial charge < -0.3 is 10.4 Å². The molecule has 20 heavy (non-hydrogen) atoms. The Balaban J connectivity index is 2.67. The van der Waals surface area contributed by atoms with Crippen LogP contribution in [-0.2, 0) is 16.0 Å². The van der Waals surface area contributed by atoms with E-state index >= 15 is 0 Å². The van der Waals surface area contributed by atoms with Gasteiger partial charge in [-0.25, -0.2) is 0 Å². The third-order valence-corrected chi connectivity index (χ3v) is 4.08. The number of amides is 1. The van der Waals surface area contributed by atoms with E-state index in [1.165, 1.54) is 0 Å². The van der Waals surface area contributed by atoms with Gasteiger partial charge in [-0.1, -0.05) is 36.2 Å². The quantitative estimate of drug-likeness (QED) is 0.847. The maximum atomic E-state index is 11.9. The van der Waals surface area contributed by atoms with Gasteiger partial charge in [0.2, 0.25) is 5.91 Å². The summed E-state index contributed by atoms with van der Waals surface area (Å²) in [6, 6.07) is 5.01. The molecule has 1 unspecified atom stereocenters. The zero-order valence-electron chi connectivity index (χ0n) is 11.4. The number of hydrogen-bond donors (Lipinski definition) is 2. The highest BCUT2D eigenvalue weighted by Gasteiger charge is 2.31. The lowest BCUT2D eigenvalue weighted by molar-refractivity contribution is -0.148. The van der Waals surface area contributed by atoms with Crippen molar-refractivity contribution >= 4 is 35.1 Å². The van der Waals surface area contributed by atoms with Crippen LogP contribution >= 0.6 is 23.2 Å². The highest BCUT2D eigenvalue weighted by atomic mass is 35.5. The van der Waals surface area contributed by atoms with Gasteiger partial charge in [0.1, 0.15) is 0 Å². The Hall–Kier alpha value is -1.26. The van der Waals surface area contributed by atoms with E-state index in [0.29, 0.717) is 22.0 Å². The average Bonchev–Trinajstić information content (AvgIpc) is 2.40. The highest BCUT2D eigenvalue weighted by Crippen LogP contribution is 2.25. The molecule has 1 amide bonds. The minimum atomic E-state index is -0.972. The summed E-state index contributed by atoms with van der Waals surface area (Å²) in [5.41, 5.74) is -0.429. The number of rotatable bonds is 6. The van der Waals surface area contributed by atoms with Crippen LogP contribution in [-0.4, -0.2) is 23.5 Å². The third kappa shape index (κ3) is 4.12. The summed E-state index contributed by atoms with van der Waals surface area (Å²) < 4.78 is 0. The smallest absolute Gasteiger partial charge is 0.311 e. The van der Waals surface area contributed by atoms with Crippen molar-refractivity contribution in [3.8, 4) is 0 Å². The Bertz CT molecular complexity index is 499. The van der Waals surface area contributed by atoms with Crippen LogP contribution in [0.5, 0.6) is 0 Å².